The van der Waals surface area contributed by atoms with Crippen LogP contribution in [0, 0.1) is 11.8 Å². The van der Waals surface area contributed by atoms with Gasteiger partial charge in [0.1, 0.15) is 0 Å². The van der Waals surface area contributed by atoms with Crippen LogP contribution in [0.5, 0.6) is 0 Å². The monoisotopic (exact) mass is 194 g/mol. The van der Waals surface area contributed by atoms with Crippen molar-refractivity contribution in [2.75, 3.05) is 0 Å². The lowest BCUT2D eigenvalue weighted by molar-refractivity contribution is 0.518. The third-order valence-electron chi connectivity index (χ3n) is 4.31. The van der Waals surface area contributed by atoms with Gasteiger partial charge < -0.3 is 0 Å². The minimum atomic E-state index is 0.797. The maximum Gasteiger partial charge on any atom is -0.00240 e. The van der Waals surface area contributed by atoms with Crippen molar-refractivity contribution in [1.29, 1.82) is 0 Å². The Morgan fingerprint density at radius 2 is 1.47 bits per heavy atom. The molecule has 1 aromatic carbocycles. The third kappa shape index (κ3) is 0.923. The largest absolute Gasteiger partial charge is 0.0802 e. The molecule has 3 aliphatic rings. The van der Waals surface area contributed by atoms with Gasteiger partial charge in [-0.3, -0.25) is 0 Å². The first kappa shape index (κ1) is 7.92. The van der Waals surface area contributed by atoms with E-state index in [1.165, 1.54) is 24.0 Å². The zero-order chi connectivity index (χ0) is 9.83. The molecule has 0 radical (unpaired) electrons. The van der Waals surface area contributed by atoms with Gasteiger partial charge >= 0.3 is 0 Å². The lowest BCUT2D eigenvalue weighted by Gasteiger charge is -2.31. The predicted molar refractivity (Wildman–Crippen MR) is 63.5 cm³/mol. The summed E-state index contributed by atoms with van der Waals surface area (Å²) in [5.74, 6) is 2.42. The van der Waals surface area contributed by atoms with Crippen molar-refractivity contribution in [1.82, 2.24) is 0 Å². The Labute approximate surface area is 90.3 Å². The molecule has 0 saturated heterocycles. The molecule has 2 atom stereocenters. The van der Waals surface area contributed by atoms with Gasteiger partial charge in [-0.1, -0.05) is 42.5 Å². The van der Waals surface area contributed by atoms with Crippen molar-refractivity contribution in [3.05, 3.63) is 47.0 Å². The minimum absolute atomic E-state index is 0.797. The lowest BCUT2D eigenvalue weighted by atomic mass is 9.73. The molecule has 0 amide bonds. The molecule has 0 N–H and O–H groups in total. The molecular formula is C15H14. The molecule has 0 heterocycles. The molecule has 2 unspecified atom stereocenters. The standard InChI is InChI=1S/C15H14/c1-2-10-4-6-12-8-9-13-7-5-11(3-1)14(10)15(12)13/h1-7,12-13,15H,8-9H2. The van der Waals surface area contributed by atoms with E-state index in [1.54, 1.807) is 5.56 Å². The average molecular weight is 194 g/mol. The van der Waals surface area contributed by atoms with E-state index in [2.05, 4.69) is 42.5 Å². The van der Waals surface area contributed by atoms with Crippen LogP contribution in [0.1, 0.15) is 35.4 Å². The third-order valence-corrected chi connectivity index (χ3v) is 4.31. The van der Waals surface area contributed by atoms with E-state index in [1.807, 2.05) is 0 Å². The number of benzene rings is 1. The molecule has 15 heavy (non-hydrogen) atoms. The molecule has 0 aliphatic heterocycles. The van der Waals surface area contributed by atoms with E-state index in [0.29, 0.717) is 0 Å². The summed E-state index contributed by atoms with van der Waals surface area (Å²) in [6, 6.07) is 6.71. The second kappa shape index (κ2) is 2.63. The van der Waals surface area contributed by atoms with Gasteiger partial charge in [0.2, 0.25) is 0 Å². The molecule has 74 valence electrons. The Balaban J connectivity index is 2.05. The van der Waals surface area contributed by atoms with E-state index in [9.17, 15) is 0 Å². The maximum absolute atomic E-state index is 2.44. The summed E-state index contributed by atoms with van der Waals surface area (Å²) < 4.78 is 0. The molecule has 0 spiro atoms. The van der Waals surface area contributed by atoms with Gasteiger partial charge in [0.05, 0.1) is 0 Å². The Morgan fingerprint density at radius 3 is 2.07 bits per heavy atom. The summed E-state index contributed by atoms with van der Waals surface area (Å²) in [5.41, 5.74) is 4.56. The first-order chi connectivity index (χ1) is 7.43. The number of allylic oxidation sites excluding steroid dienone is 2. The Morgan fingerprint density at radius 1 is 0.867 bits per heavy atom. The highest BCUT2D eigenvalue weighted by molar-refractivity contribution is 5.70. The summed E-state index contributed by atoms with van der Waals surface area (Å²) in [4.78, 5) is 0. The minimum Gasteiger partial charge on any atom is -0.0802 e. The second-order valence-corrected chi connectivity index (χ2v) is 5.00. The van der Waals surface area contributed by atoms with E-state index < -0.39 is 0 Å². The van der Waals surface area contributed by atoms with Crippen LogP contribution in [0.4, 0.5) is 0 Å². The number of hydrogen-bond acceptors (Lipinski definition) is 0. The molecule has 3 aliphatic carbocycles. The highest BCUT2D eigenvalue weighted by Crippen LogP contribution is 2.52. The van der Waals surface area contributed by atoms with Crippen molar-refractivity contribution in [3.63, 3.8) is 0 Å². The Bertz CT molecular complexity index is 439. The highest BCUT2D eigenvalue weighted by Gasteiger charge is 2.39. The topological polar surface area (TPSA) is 0 Å². The summed E-state index contributed by atoms with van der Waals surface area (Å²) in [6.45, 7) is 0. The van der Waals surface area contributed by atoms with Crippen molar-refractivity contribution in [2.45, 2.75) is 18.8 Å². The normalized spacial score (nSPS) is 34.3. The average Bonchev–Trinajstić information content (AvgIpc) is 2.71. The Hall–Kier alpha value is -1.30. The molecular weight excluding hydrogens is 180 g/mol. The van der Waals surface area contributed by atoms with E-state index in [4.69, 9.17) is 0 Å². The summed E-state index contributed by atoms with van der Waals surface area (Å²) in [7, 11) is 0. The molecule has 0 bridgehead atoms. The molecule has 4 rings (SSSR count). The van der Waals surface area contributed by atoms with Crippen molar-refractivity contribution in [2.24, 2.45) is 11.8 Å². The fraction of sp³-hybridized carbons (Fsp3) is 0.333. The lowest BCUT2D eigenvalue weighted by Crippen LogP contribution is -2.18. The van der Waals surface area contributed by atoms with Crippen LogP contribution in [0.2, 0.25) is 0 Å². The molecule has 1 aromatic rings. The van der Waals surface area contributed by atoms with Gasteiger partial charge in [-0.2, -0.15) is 0 Å². The van der Waals surface area contributed by atoms with Crippen molar-refractivity contribution >= 4 is 12.2 Å². The first-order valence-corrected chi connectivity index (χ1v) is 5.93. The zero-order valence-electron chi connectivity index (χ0n) is 8.69. The van der Waals surface area contributed by atoms with Gasteiger partial charge in [-0.25, -0.2) is 0 Å². The number of hydrogen-bond donors (Lipinski definition) is 0. The van der Waals surface area contributed by atoms with Gasteiger partial charge in [0.25, 0.3) is 0 Å². The first-order valence-electron chi connectivity index (χ1n) is 5.93. The van der Waals surface area contributed by atoms with E-state index in [-0.39, 0.29) is 0 Å². The summed E-state index contributed by atoms with van der Waals surface area (Å²) in [5, 5.41) is 0. The van der Waals surface area contributed by atoms with Crippen LogP contribution < -0.4 is 0 Å². The van der Waals surface area contributed by atoms with Gasteiger partial charge in [0.15, 0.2) is 0 Å². The Kier molecular flexibility index (Phi) is 1.39. The van der Waals surface area contributed by atoms with Crippen LogP contribution in [0.25, 0.3) is 12.2 Å². The quantitative estimate of drug-likeness (QED) is 0.588. The number of rotatable bonds is 0. The molecule has 0 nitrogen and oxygen atoms in total. The van der Waals surface area contributed by atoms with Crippen molar-refractivity contribution in [3.8, 4) is 0 Å². The molecule has 0 heteroatoms. The van der Waals surface area contributed by atoms with Crippen LogP contribution >= 0.6 is 0 Å². The highest BCUT2D eigenvalue weighted by atomic mass is 14.4. The smallest absolute Gasteiger partial charge is 0.00240 e. The second-order valence-electron chi connectivity index (χ2n) is 5.00. The fourth-order valence-electron chi connectivity index (χ4n) is 3.65. The maximum atomic E-state index is 2.44. The van der Waals surface area contributed by atoms with Gasteiger partial charge in [-0.05, 0) is 47.3 Å². The molecule has 1 fully saturated rings. The summed E-state index contributed by atoms with van der Waals surface area (Å²) >= 11 is 0. The molecule has 0 aromatic heterocycles. The van der Waals surface area contributed by atoms with Crippen LogP contribution in [-0.2, 0) is 0 Å². The van der Waals surface area contributed by atoms with Gasteiger partial charge in [-0.15, -0.1) is 0 Å². The predicted octanol–water partition coefficient (Wildman–Crippen LogP) is 3.85. The van der Waals surface area contributed by atoms with Crippen LogP contribution in [-0.4, -0.2) is 0 Å². The van der Waals surface area contributed by atoms with E-state index >= 15 is 0 Å². The van der Waals surface area contributed by atoms with Crippen molar-refractivity contribution < 1.29 is 0 Å². The van der Waals surface area contributed by atoms with Crippen LogP contribution in [0.3, 0.4) is 0 Å². The van der Waals surface area contributed by atoms with Gasteiger partial charge in [0, 0.05) is 0 Å². The SMILES string of the molecule is C1=CC2CCC3C=Cc4cccc1c4C23. The van der Waals surface area contributed by atoms with Crippen LogP contribution in [0.15, 0.2) is 30.4 Å². The van der Waals surface area contributed by atoms with E-state index in [0.717, 1.165) is 17.8 Å². The summed E-state index contributed by atoms with van der Waals surface area (Å²) in [6.07, 6.45) is 12.3. The molecule has 1 saturated carbocycles. The zero-order valence-corrected chi connectivity index (χ0v) is 8.69. The fourth-order valence-corrected chi connectivity index (χ4v) is 3.65.